The molecule has 0 radical (unpaired) electrons. The number of rotatable bonds is 3. The first-order valence-electron chi connectivity index (χ1n) is 4.26. The largest absolute Gasteiger partial charge is 0.457 e. The SMILES string of the molecule is Nc1cccnc1NCC1OC=CO1. The fourth-order valence-electron chi connectivity index (χ4n) is 1.11. The second kappa shape index (κ2) is 3.87. The van der Waals surface area contributed by atoms with Crippen molar-refractivity contribution in [2.24, 2.45) is 0 Å². The van der Waals surface area contributed by atoms with Gasteiger partial charge in [-0.15, -0.1) is 0 Å². The minimum Gasteiger partial charge on any atom is -0.457 e. The second-order valence-electron chi connectivity index (χ2n) is 2.80. The first-order chi connectivity index (χ1) is 6.86. The first-order valence-corrected chi connectivity index (χ1v) is 4.26. The predicted molar refractivity (Wildman–Crippen MR) is 52.2 cm³/mol. The monoisotopic (exact) mass is 193 g/mol. The summed E-state index contributed by atoms with van der Waals surface area (Å²) in [5.74, 6) is 0.645. The van der Waals surface area contributed by atoms with Crippen molar-refractivity contribution >= 4 is 11.5 Å². The highest BCUT2D eigenvalue weighted by atomic mass is 16.7. The third-order valence-corrected chi connectivity index (χ3v) is 1.79. The molecular formula is C9H11N3O2. The van der Waals surface area contributed by atoms with Crippen LogP contribution in [0.5, 0.6) is 0 Å². The van der Waals surface area contributed by atoms with Gasteiger partial charge >= 0.3 is 0 Å². The van der Waals surface area contributed by atoms with Crippen molar-refractivity contribution in [2.45, 2.75) is 6.29 Å². The zero-order valence-corrected chi connectivity index (χ0v) is 7.51. The van der Waals surface area contributed by atoms with E-state index in [1.54, 1.807) is 18.3 Å². The number of nitrogen functional groups attached to an aromatic ring is 1. The average molecular weight is 193 g/mol. The van der Waals surface area contributed by atoms with Crippen LogP contribution < -0.4 is 11.1 Å². The van der Waals surface area contributed by atoms with Gasteiger partial charge in [0.2, 0.25) is 0 Å². The van der Waals surface area contributed by atoms with Crippen LogP contribution in [0.4, 0.5) is 11.5 Å². The summed E-state index contributed by atoms with van der Waals surface area (Å²) >= 11 is 0. The van der Waals surface area contributed by atoms with Gasteiger partial charge in [-0.25, -0.2) is 4.98 Å². The fourth-order valence-corrected chi connectivity index (χ4v) is 1.11. The van der Waals surface area contributed by atoms with Crippen molar-refractivity contribution in [3.63, 3.8) is 0 Å². The van der Waals surface area contributed by atoms with E-state index in [1.165, 1.54) is 12.5 Å². The first kappa shape index (κ1) is 8.68. The molecule has 3 N–H and O–H groups in total. The van der Waals surface area contributed by atoms with Crippen molar-refractivity contribution < 1.29 is 9.47 Å². The van der Waals surface area contributed by atoms with Crippen molar-refractivity contribution in [2.75, 3.05) is 17.6 Å². The molecule has 5 nitrogen and oxygen atoms in total. The molecule has 0 fully saturated rings. The maximum atomic E-state index is 5.68. The highest BCUT2D eigenvalue weighted by Crippen LogP contribution is 2.14. The number of aromatic nitrogens is 1. The van der Waals surface area contributed by atoms with E-state index < -0.39 is 0 Å². The normalized spacial score (nSPS) is 14.9. The smallest absolute Gasteiger partial charge is 0.256 e. The summed E-state index contributed by atoms with van der Waals surface area (Å²) in [6.07, 6.45) is 4.40. The molecule has 0 saturated carbocycles. The lowest BCUT2D eigenvalue weighted by molar-refractivity contribution is -0.0104. The molecule has 0 aromatic carbocycles. The number of nitrogens with one attached hydrogen (secondary N) is 1. The number of hydrogen-bond donors (Lipinski definition) is 2. The molecule has 74 valence electrons. The summed E-state index contributed by atoms with van der Waals surface area (Å²) in [6.45, 7) is 0.508. The number of nitrogens with two attached hydrogens (primary N) is 1. The fraction of sp³-hybridized carbons (Fsp3) is 0.222. The van der Waals surface area contributed by atoms with Gasteiger partial charge in [-0.1, -0.05) is 0 Å². The van der Waals surface area contributed by atoms with Crippen LogP contribution in [-0.4, -0.2) is 17.8 Å². The topological polar surface area (TPSA) is 69.4 Å². The zero-order chi connectivity index (χ0) is 9.80. The summed E-state index contributed by atoms with van der Waals surface area (Å²) in [5, 5.41) is 3.03. The Morgan fingerprint density at radius 1 is 1.43 bits per heavy atom. The van der Waals surface area contributed by atoms with Crippen LogP contribution in [0.15, 0.2) is 30.9 Å². The molecule has 1 aromatic heterocycles. The molecule has 5 heteroatoms. The molecule has 2 rings (SSSR count). The molecular weight excluding hydrogens is 182 g/mol. The Labute approximate surface area is 81.5 Å². The molecule has 2 heterocycles. The van der Waals surface area contributed by atoms with E-state index in [4.69, 9.17) is 15.2 Å². The van der Waals surface area contributed by atoms with E-state index in [0.29, 0.717) is 18.1 Å². The second-order valence-corrected chi connectivity index (χ2v) is 2.80. The molecule has 0 aliphatic carbocycles. The highest BCUT2D eigenvalue weighted by Gasteiger charge is 2.12. The lowest BCUT2D eigenvalue weighted by Gasteiger charge is -2.12. The van der Waals surface area contributed by atoms with Gasteiger partial charge in [0.05, 0.1) is 12.2 Å². The van der Waals surface area contributed by atoms with Crippen LogP contribution in [-0.2, 0) is 9.47 Å². The van der Waals surface area contributed by atoms with E-state index in [-0.39, 0.29) is 6.29 Å². The molecule has 14 heavy (non-hydrogen) atoms. The molecule has 0 spiro atoms. The molecule has 1 aliphatic heterocycles. The van der Waals surface area contributed by atoms with Crippen LogP contribution in [0, 0.1) is 0 Å². The Balaban J connectivity index is 1.88. The average Bonchev–Trinajstić information content (AvgIpc) is 2.69. The van der Waals surface area contributed by atoms with Crippen molar-refractivity contribution in [3.05, 3.63) is 30.9 Å². The number of ether oxygens (including phenoxy) is 2. The van der Waals surface area contributed by atoms with Gasteiger partial charge < -0.3 is 20.5 Å². The van der Waals surface area contributed by atoms with Crippen molar-refractivity contribution in [3.8, 4) is 0 Å². The van der Waals surface area contributed by atoms with Gasteiger partial charge in [-0.3, -0.25) is 0 Å². The van der Waals surface area contributed by atoms with Crippen LogP contribution in [0.1, 0.15) is 0 Å². The third kappa shape index (κ3) is 1.87. The summed E-state index contributed by atoms with van der Waals surface area (Å²) in [5.41, 5.74) is 6.29. The van der Waals surface area contributed by atoms with Gasteiger partial charge in [-0.05, 0) is 12.1 Å². The van der Waals surface area contributed by atoms with E-state index in [0.717, 1.165) is 0 Å². The lowest BCUT2D eigenvalue weighted by atomic mass is 10.4. The lowest BCUT2D eigenvalue weighted by Crippen LogP contribution is -2.21. The van der Waals surface area contributed by atoms with Crippen LogP contribution in [0.25, 0.3) is 0 Å². The van der Waals surface area contributed by atoms with Crippen LogP contribution in [0.2, 0.25) is 0 Å². The van der Waals surface area contributed by atoms with E-state index in [2.05, 4.69) is 10.3 Å². The summed E-state index contributed by atoms with van der Waals surface area (Å²) in [4.78, 5) is 4.07. The standard InChI is InChI=1S/C9H11N3O2/c10-7-2-1-3-11-9(7)12-6-8-13-4-5-14-8/h1-5,8H,6,10H2,(H,11,12). The summed E-state index contributed by atoms with van der Waals surface area (Å²) < 4.78 is 10.2. The molecule has 0 saturated heterocycles. The number of pyridine rings is 1. The Hall–Kier alpha value is -1.91. The van der Waals surface area contributed by atoms with Gasteiger partial charge in [-0.2, -0.15) is 0 Å². The Morgan fingerprint density at radius 3 is 2.93 bits per heavy atom. The molecule has 0 amide bonds. The number of hydrogen-bond acceptors (Lipinski definition) is 5. The van der Waals surface area contributed by atoms with Gasteiger partial charge in [0, 0.05) is 6.20 Å². The van der Waals surface area contributed by atoms with Gasteiger partial charge in [0.25, 0.3) is 6.29 Å². The van der Waals surface area contributed by atoms with E-state index >= 15 is 0 Å². The molecule has 1 aromatic rings. The minimum atomic E-state index is -0.295. The van der Waals surface area contributed by atoms with E-state index in [9.17, 15) is 0 Å². The van der Waals surface area contributed by atoms with Crippen LogP contribution >= 0.6 is 0 Å². The molecule has 0 bridgehead atoms. The number of nitrogens with zero attached hydrogens (tertiary/aromatic N) is 1. The number of anilines is 2. The minimum absolute atomic E-state index is 0.295. The Kier molecular flexibility index (Phi) is 2.40. The maximum absolute atomic E-state index is 5.68. The zero-order valence-electron chi connectivity index (χ0n) is 7.51. The van der Waals surface area contributed by atoms with Gasteiger partial charge in [0.15, 0.2) is 0 Å². The van der Waals surface area contributed by atoms with Crippen molar-refractivity contribution in [1.82, 2.24) is 4.98 Å². The summed E-state index contributed by atoms with van der Waals surface area (Å²) in [7, 11) is 0. The van der Waals surface area contributed by atoms with E-state index in [1.807, 2.05) is 0 Å². The van der Waals surface area contributed by atoms with Crippen LogP contribution in [0.3, 0.4) is 0 Å². The van der Waals surface area contributed by atoms with Gasteiger partial charge in [0.1, 0.15) is 18.3 Å². The quantitative estimate of drug-likeness (QED) is 0.747. The highest BCUT2D eigenvalue weighted by molar-refractivity contribution is 5.60. The Bertz CT molecular complexity index is 333. The molecule has 1 aliphatic rings. The van der Waals surface area contributed by atoms with Crippen molar-refractivity contribution in [1.29, 1.82) is 0 Å². The molecule has 0 atom stereocenters. The third-order valence-electron chi connectivity index (χ3n) is 1.79. The maximum Gasteiger partial charge on any atom is 0.256 e. The Morgan fingerprint density at radius 2 is 2.21 bits per heavy atom. The predicted octanol–water partition coefficient (Wildman–Crippen LogP) is 0.920. The molecule has 0 unspecified atom stereocenters. The summed E-state index contributed by atoms with van der Waals surface area (Å²) in [6, 6.07) is 3.56.